The lowest BCUT2D eigenvalue weighted by Crippen LogP contribution is -2.27. The number of ether oxygens (including phenoxy) is 1. The molecule has 4 heteroatoms. The van der Waals surface area contributed by atoms with E-state index in [0.717, 1.165) is 36.9 Å². The van der Waals surface area contributed by atoms with Crippen molar-refractivity contribution in [2.75, 3.05) is 7.11 Å². The zero-order valence-corrected chi connectivity index (χ0v) is 9.79. The average Bonchev–Trinajstić information content (AvgIpc) is 2.49. The van der Waals surface area contributed by atoms with Crippen molar-refractivity contribution >= 4 is 0 Å². The van der Waals surface area contributed by atoms with Gasteiger partial charge in [0.15, 0.2) is 11.2 Å². The van der Waals surface area contributed by atoms with Crippen molar-refractivity contribution in [3.63, 3.8) is 0 Å². The van der Waals surface area contributed by atoms with E-state index in [9.17, 15) is 9.59 Å². The van der Waals surface area contributed by atoms with Crippen molar-refractivity contribution in [3.8, 4) is 5.75 Å². The minimum Gasteiger partial charge on any atom is -0.491 e. The third-order valence-corrected chi connectivity index (χ3v) is 4.05. The van der Waals surface area contributed by atoms with Gasteiger partial charge in [-0.25, -0.2) is 0 Å². The predicted molar refractivity (Wildman–Crippen MR) is 63.8 cm³/mol. The van der Waals surface area contributed by atoms with Crippen molar-refractivity contribution in [3.05, 3.63) is 37.9 Å². The van der Waals surface area contributed by atoms with Crippen LogP contribution < -0.4 is 15.7 Å². The minimum atomic E-state index is -0.293. The number of aromatic nitrogens is 1. The molecule has 1 N–H and O–H groups in total. The highest BCUT2D eigenvalue weighted by molar-refractivity contribution is 5.35. The van der Waals surface area contributed by atoms with Gasteiger partial charge in [0.25, 0.3) is 5.56 Å². The third kappa shape index (κ3) is 1.51. The number of aromatic amines is 1. The summed E-state index contributed by atoms with van der Waals surface area (Å²) in [4.78, 5) is 26.8. The SMILES string of the molecule is COc1cc(=O)c2c([nH]c1=O)C1CCC2CC1. The first-order chi connectivity index (χ1) is 8.20. The van der Waals surface area contributed by atoms with E-state index in [0.29, 0.717) is 11.8 Å². The van der Waals surface area contributed by atoms with Gasteiger partial charge in [-0.1, -0.05) is 0 Å². The first-order valence-corrected chi connectivity index (χ1v) is 6.06. The normalized spacial score (nSPS) is 25.5. The van der Waals surface area contributed by atoms with Gasteiger partial charge < -0.3 is 9.72 Å². The fourth-order valence-corrected chi connectivity index (χ4v) is 3.21. The molecule has 1 aromatic rings. The van der Waals surface area contributed by atoms with Crippen LogP contribution in [0.15, 0.2) is 15.7 Å². The maximum atomic E-state index is 12.1. The lowest BCUT2D eigenvalue weighted by atomic mass is 9.69. The highest BCUT2D eigenvalue weighted by Gasteiger charge is 2.35. The summed E-state index contributed by atoms with van der Waals surface area (Å²) in [6, 6.07) is 1.33. The van der Waals surface area contributed by atoms with Gasteiger partial charge in [0.2, 0.25) is 0 Å². The number of H-pyrrole nitrogens is 1. The van der Waals surface area contributed by atoms with Gasteiger partial charge in [-0.15, -0.1) is 0 Å². The molecule has 3 aliphatic rings. The predicted octanol–water partition coefficient (Wildman–Crippen LogP) is 1.50. The molecule has 4 rings (SSSR count). The maximum absolute atomic E-state index is 12.1. The summed E-state index contributed by atoms with van der Waals surface area (Å²) in [5.74, 6) is 0.798. The van der Waals surface area contributed by atoms with Gasteiger partial charge in [0.05, 0.1) is 7.11 Å². The molecule has 0 aliphatic heterocycles. The summed E-state index contributed by atoms with van der Waals surface area (Å²) in [5.41, 5.74) is 1.35. The summed E-state index contributed by atoms with van der Waals surface area (Å²) < 4.78 is 4.95. The van der Waals surface area contributed by atoms with Crippen LogP contribution in [0.5, 0.6) is 5.75 Å². The number of hydrogen-bond acceptors (Lipinski definition) is 3. The first-order valence-electron chi connectivity index (χ1n) is 6.06. The van der Waals surface area contributed by atoms with Crippen LogP contribution in [0.2, 0.25) is 0 Å². The zero-order valence-electron chi connectivity index (χ0n) is 9.79. The van der Waals surface area contributed by atoms with E-state index < -0.39 is 0 Å². The molecule has 0 spiro atoms. The van der Waals surface area contributed by atoms with E-state index in [1.165, 1.54) is 13.2 Å². The van der Waals surface area contributed by atoms with Crippen LogP contribution in [0.4, 0.5) is 0 Å². The highest BCUT2D eigenvalue weighted by atomic mass is 16.5. The van der Waals surface area contributed by atoms with Crippen LogP contribution in [-0.4, -0.2) is 12.1 Å². The number of fused-ring (bicyclic) bond motifs is 2. The number of methoxy groups -OCH3 is 1. The van der Waals surface area contributed by atoms with E-state index >= 15 is 0 Å². The molecule has 1 aromatic heterocycles. The van der Waals surface area contributed by atoms with E-state index in [2.05, 4.69) is 4.98 Å². The van der Waals surface area contributed by atoms with E-state index in [1.807, 2.05) is 0 Å². The summed E-state index contributed by atoms with van der Waals surface area (Å²) in [7, 11) is 1.41. The zero-order chi connectivity index (χ0) is 12.0. The molecule has 0 saturated heterocycles. The molecule has 0 radical (unpaired) electrons. The quantitative estimate of drug-likeness (QED) is 0.799. The van der Waals surface area contributed by atoms with Crippen molar-refractivity contribution in [1.82, 2.24) is 4.98 Å². The molecule has 90 valence electrons. The topological polar surface area (TPSA) is 59.2 Å². The Morgan fingerprint density at radius 3 is 2.47 bits per heavy atom. The Hall–Kier alpha value is -1.58. The van der Waals surface area contributed by atoms with Gasteiger partial charge in [-0.3, -0.25) is 9.59 Å². The van der Waals surface area contributed by atoms with Crippen LogP contribution in [0.1, 0.15) is 48.8 Å². The van der Waals surface area contributed by atoms with Crippen molar-refractivity contribution in [2.45, 2.75) is 37.5 Å². The molecule has 0 atom stereocenters. The van der Waals surface area contributed by atoms with Gasteiger partial charge in [-0.2, -0.15) is 0 Å². The summed E-state index contributed by atoms with van der Waals surface area (Å²) in [6.07, 6.45) is 4.31. The fraction of sp³-hybridized carbons (Fsp3) is 0.538. The Kier molecular flexibility index (Phi) is 2.31. The second kappa shape index (κ2) is 3.72. The molecule has 3 aliphatic carbocycles. The smallest absolute Gasteiger partial charge is 0.290 e. The number of rotatable bonds is 1. The third-order valence-electron chi connectivity index (χ3n) is 4.05. The molecule has 0 unspecified atom stereocenters. The summed E-state index contributed by atoms with van der Waals surface area (Å²) >= 11 is 0. The van der Waals surface area contributed by atoms with Gasteiger partial charge in [0.1, 0.15) is 0 Å². The minimum absolute atomic E-state index is 0.0513. The lowest BCUT2D eigenvalue weighted by molar-refractivity contribution is 0.349. The maximum Gasteiger partial charge on any atom is 0.290 e. The summed E-state index contributed by atoms with van der Waals surface area (Å²) in [6.45, 7) is 0. The van der Waals surface area contributed by atoms with Gasteiger partial charge in [0, 0.05) is 17.3 Å². The van der Waals surface area contributed by atoms with Crippen molar-refractivity contribution in [2.24, 2.45) is 0 Å². The van der Waals surface area contributed by atoms with Crippen LogP contribution in [0.3, 0.4) is 0 Å². The molecule has 1 heterocycles. The molecular weight excluding hydrogens is 218 g/mol. The largest absolute Gasteiger partial charge is 0.491 e. The lowest BCUT2D eigenvalue weighted by Gasteiger charge is -2.36. The molecule has 1 saturated carbocycles. The fourth-order valence-electron chi connectivity index (χ4n) is 3.21. The molecule has 0 amide bonds. The standard InChI is InChI=1S/C13H15NO3/c1-17-10-6-9(15)11-7-2-4-8(5-3-7)12(11)14-13(10)16/h6-8H,2-5H2,1H3,(H,14,16). The van der Waals surface area contributed by atoms with Crippen LogP contribution >= 0.6 is 0 Å². The van der Waals surface area contributed by atoms with Crippen LogP contribution in [-0.2, 0) is 0 Å². The Morgan fingerprint density at radius 2 is 1.82 bits per heavy atom. The van der Waals surface area contributed by atoms with Crippen molar-refractivity contribution < 1.29 is 4.74 Å². The second-order valence-electron chi connectivity index (χ2n) is 4.91. The van der Waals surface area contributed by atoms with Crippen molar-refractivity contribution in [1.29, 1.82) is 0 Å². The molecule has 2 bridgehead atoms. The highest BCUT2D eigenvalue weighted by Crippen LogP contribution is 2.46. The van der Waals surface area contributed by atoms with E-state index in [-0.39, 0.29) is 16.7 Å². The Bertz CT molecular complexity index is 568. The molecule has 4 nitrogen and oxygen atoms in total. The Balaban J connectivity index is 2.35. The molecular formula is C13H15NO3. The van der Waals surface area contributed by atoms with Gasteiger partial charge >= 0.3 is 0 Å². The van der Waals surface area contributed by atoms with E-state index in [1.54, 1.807) is 0 Å². The monoisotopic (exact) mass is 233 g/mol. The first kappa shape index (κ1) is 10.6. The second-order valence-corrected chi connectivity index (χ2v) is 4.91. The number of nitrogens with one attached hydrogen (secondary N) is 1. The van der Waals surface area contributed by atoms with Crippen LogP contribution in [0, 0.1) is 0 Å². The Morgan fingerprint density at radius 1 is 1.18 bits per heavy atom. The molecule has 1 fully saturated rings. The average molecular weight is 233 g/mol. The van der Waals surface area contributed by atoms with Gasteiger partial charge in [-0.05, 0) is 37.5 Å². The Labute approximate surface area is 98.6 Å². The van der Waals surface area contributed by atoms with E-state index in [4.69, 9.17) is 4.74 Å². The molecule has 17 heavy (non-hydrogen) atoms. The number of hydrogen-bond donors (Lipinski definition) is 1. The molecule has 0 aromatic carbocycles. The van der Waals surface area contributed by atoms with Crippen LogP contribution in [0.25, 0.3) is 0 Å². The summed E-state index contributed by atoms with van der Waals surface area (Å²) in [5, 5.41) is 0.